The van der Waals surface area contributed by atoms with Gasteiger partial charge >= 0.3 is 5.97 Å². The largest absolute Gasteiger partial charge is 0.480 e. The number of carboxylic acid groups (broad SMARTS) is 1. The maximum absolute atomic E-state index is 12.4. The van der Waals surface area contributed by atoms with E-state index < -0.39 is 23.5 Å². The molecule has 0 saturated heterocycles. The first-order valence-corrected chi connectivity index (χ1v) is 6.81. The Hall–Kier alpha value is -2.11. The van der Waals surface area contributed by atoms with Crippen molar-refractivity contribution in [2.24, 2.45) is 5.92 Å². The number of rotatable bonds is 5. The molecule has 0 bridgehead atoms. The van der Waals surface area contributed by atoms with Gasteiger partial charge in [-0.1, -0.05) is 19.9 Å². The van der Waals surface area contributed by atoms with Crippen LogP contribution >= 0.6 is 0 Å². The molecule has 0 aliphatic rings. The van der Waals surface area contributed by atoms with Crippen molar-refractivity contribution in [3.8, 4) is 0 Å². The molecule has 2 N–H and O–H groups in total. The Balaban J connectivity index is 3.12. The first-order chi connectivity index (χ1) is 9.57. The smallest absolute Gasteiger partial charge is 0.326 e. The van der Waals surface area contributed by atoms with Gasteiger partial charge < -0.3 is 15.0 Å². The van der Waals surface area contributed by atoms with E-state index in [-0.39, 0.29) is 11.5 Å². The molecular weight excluding hydrogens is 272 g/mol. The van der Waals surface area contributed by atoms with Crippen molar-refractivity contribution in [1.29, 1.82) is 0 Å². The van der Waals surface area contributed by atoms with Crippen LogP contribution in [0.5, 0.6) is 0 Å². The van der Waals surface area contributed by atoms with Crippen LogP contribution in [0.3, 0.4) is 0 Å². The van der Waals surface area contributed by atoms with Crippen molar-refractivity contribution in [3.05, 3.63) is 34.2 Å². The van der Waals surface area contributed by atoms with Crippen LogP contribution in [-0.4, -0.2) is 27.6 Å². The van der Waals surface area contributed by atoms with Gasteiger partial charge in [0, 0.05) is 12.3 Å². The van der Waals surface area contributed by atoms with Crippen molar-refractivity contribution in [2.45, 2.75) is 46.2 Å². The fraction of sp³-hybridized carbons (Fsp3) is 0.533. The van der Waals surface area contributed by atoms with Gasteiger partial charge in [0.1, 0.15) is 11.6 Å². The van der Waals surface area contributed by atoms with Crippen LogP contribution < -0.4 is 10.9 Å². The van der Waals surface area contributed by atoms with Crippen molar-refractivity contribution < 1.29 is 14.7 Å². The molecule has 1 rings (SSSR count). The average Bonchev–Trinajstić information content (AvgIpc) is 2.37. The summed E-state index contributed by atoms with van der Waals surface area (Å²) >= 11 is 0. The van der Waals surface area contributed by atoms with Crippen LogP contribution in [0.1, 0.15) is 33.3 Å². The predicted molar refractivity (Wildman–Crippen MR) is 79.2 cm³/mol. The summed E-state index contributed by atoms with van der Waals surface area (Å²) in [4.78, 5) is 35.5. The Morgan fingerprint density at radius 3 is 2.33 bits per heavy atom. The van der Waals surface area contributed by atoms with Gasteiger partial charge in [0.2, 0.25) is 5.91 Å². The second-order valence-electron chi connectivity index (χ2n) is 6.01. The first-order valence-electron chi connectivity index (χ1n) is 6.81. The Morgan fingerprint density at radius 2 is 1.86 bits per heavy atom. The number of carbonyl (C=O) groups excluding carboxylic acids is 1. The fourth-order valence-corrected chi connectivity index (χ4v) is 1.97. The first kappa shape index (κ1) is 16.9. The molecule has 1 heterocycles. The summed E-state index contributed by atoms with van der Waals surface area (Å²) in [6, 6.07) is 2.07. The maximum Gasteiger partial charge on any atom is 0.326 e. The van der Waals surface area contributed by atoms with E-state index in [4.69, 9.17) is 5.11 Å². The Morgan fingerprint density at radius 1 is 1.29 bits per heavy atom. The van der Waals surface area contributed by atoms with Gasteiger partial charge in [-0.25, -0.2) is 4.79 Å². The fourth-order valence-electron chi connectivity index (χ4n) is 1.97. The molecule has 116 valence electrons. The van der Waals surface area contributed by atoms with E-state index in [9.17, 15) is 14.4 Å². The van der Waals surface area contributed by atoms with Crippen LogP contribution in [-0.2, 0) is 15.1 Å². The normalized spacial score (nSPS) is 13.0. The zero-order valence-corrected chi connectivity index (χ0v) is 13.0. The highest BCUT2D eigenvalue weighted by Gasteiger charge is 2.34. The lowest BCUT2D eigenvalue weighted by molar-refractivity contribution is -0.144. The van der Waals surface area contributed by atoms with Gasteiger partial charge in [0.15, 0.2) is 0 Å². The molecule has 1 unspecified atom stereocenters. The molecule has 0 aromatic carbocycles. The Kier molecular flexibility index (Phi) is 4.93. The number of aryl methyl sites for hydroxylation is 1. The molecule has 1 atom stereocenters. The van der Waals surface area contributed by atoms with E-state index >= 15 is 0 Å². The number of nitrogens with zero attached hydrogens (tertiary/aromatic N) is 1. The molecule has 0 fully saturated rings. The van der Waals surface area contributed by atoms with Gasteiger partial charge in [-0.3, -0.25) is 9.59 Å². The zero-order chi connectivity index (χ0) is 16.4. The molecule has 1 amide bonds. The van der Waals surface area contributed by atoms with E-state index in [1.807, 2.05) is 6.92 Å². The lowest BCUT2D eigenvalue weighted by atomic mass is 9.99. The van der Waals surface area contributed by atoms with E-state index in [0.29, 0.717) is 0 Å². The van der Waals surface area contributed by atoms with E-state index in [1.165, 1.54) is 10.6 Å². The van der Waals surface area contributed by atoms with Crippen molar-refractivity contribution in [3.63, 3.8) is 0 Å². The lowest BCUT2D eigenvalue weighted by Gasteiger charge is -2.29. The van der Waals surface area contributed by atoms with Crippen LogP contribution in [0.2, 0.25) is 0 Å². The van der Waals surface area contributed by atoms with Gasteiger partial charge in [0.05, 0.1) is 0 Å². The van der Waals surface area contributed by atoms with Crippen molar-refractivity contribution >= 4 is 11.9 Å². The number of amides is 1. The summed E-state index contributed by atoms with van der Waals surface area (Å²) < 4.78 is 1.32. The number of hydrogen-bond acceptors (Lipinski definition) is 3. The molecule has 0 aliphatic carbocycles. The highest BCUT2D eigenvalue weighted by Crippen LogP contribution is 2.15. The number of aliphatic carboxylic acids is 1. The number of aromatic nitrogens is 1. The molecule has 0 radical (unpaired) electrons. The zero-order valence-electron chi connectivity index (χ0n) is 13.0. The maximum atomic E-state index is 12.4. The standard InChI is InChI=1S/C15H22N2O4/c1-9(2)12(13(19)20)16-14(21)15(4,5)17-8-10(3)6-7-11(17)18/h6-9,12H,1-5H3,(H,16,21)(H,19,20). The molecular formula is C15H22N2O4. The number of carboxylic acids is 1. The number of carbonyl (C=O) groups is 2. The molecule has 0 aliphatic heterocycles. The monoisotopic (exact) mass is 294 g/mol. The Bertz CT molecular complexity index is 602. The van der Waals surface area contributed by atoms with E-state index in [0.717, 1.165) is 5.56 Å². The quantitative estimate of drug-likeness (QED) is 0.851. The van der Waals surface area contributed by atoms with Crippen LogP contribution in [0, 0.1) is 12.8 Å². The van der Waals surface area contributed by atoms with Crippen LogP contribution in [0.25, 0.3) is 0 Å². The summed E-state index contributed by atoms with van der Waals surface area (Å²) in [5, 5.41) is 11.6. The summed E-state index contributed by atoms with van der Waals surface area (Å²) in [6.07, 6.45) is 1.59. The summed E-state index contributed by atoms with van der Waals surface area (Å²) in [5.74, 6) is -1.85. The number of hydrogen-bond donors (Lipinski definition) is 2. The van der Waals surface area contributed by atoms with E-state index in [2.05, 4.69) is 5.32 Å². The van der Waals surface area contributed by atoms with E-state index in [1.54, 1.807) is 40.0 Å². The minimum Gasteiger partial charge on any atom is -0.480 e. The molecule has 0 saturated carbocycles. The van der Waals surface area contributed by atoms with Gasteiger partial charge in [-0.15, -0.1) is 0 Å². The highest BCUT2D eigenvalue weighted by atomic mass is 16.4. The highest BCUT2D eigenvalue weighted by molar-refractivity contribution is 5.88. The van der Waals surface area contributed by atoms with Crippen LogP contribution in [0.4, 0.5) is 0 Å². The molecule has 1 aromatic heterocycles. The predicted octanol–water partition coefficient (Wildman–Crippen LogP) is 1.12. The topological polar surface area (TPSA) is 88.4 Å². The van der Waals surface area contributed by atoms with Crippen LogP contribution in [0.15, 0.2) is 23.1 Å². The molecule has 6 nitrogen and oxygen atoms in total. The minimum absolute atomic E-state index is 0.253. The summed E-state index contributed by atoms with van der Waals surface area (Å²) in [7, 11) is 0. The third-order valence-electron chi connectivity index (χ3n) is 3.44. The number of nitrogens with one attached hydrogen (secondary N) is 1. The van der Waals surface area contributed by atoms with Crippen molar-refractivity contribution in [1.82, 2.24) is 9.88 Å². The third-order valence-corrected chi connectivity index (χ3v) is 3.44. The SMILES string of the molecule is Cc1ccc(=O)n(C(C)(C)C(=O)NC(C(=O)O)C(C)C)c1. The average molecular weight is 294 g/mol. The molecule has 1 aromatic rings. The lowest BCUT2D eigenvalue weighted by Crippen LogP contribution is -2.54. The van der Waals surface area contributed by atoms with Crippen molar-refractivity contribution in [2.75, 3.05) is 0 Å². The van der Waals surface area contributed by atoms with Gasteiger partial charge in [-0.2, -0.15) is 0 Å². The molecule has 21 heavy (non-hydrogen) atoms. The van der Waals surface area contributed by atoms with Gasteiger partial charge in [-0.05, 0) is 32.3 Å². The minimum atomic E-state index is -1.17. The summed E-state index contributed by atoms with van der Waals surface area (Å²) in [6.45, 7) is 8.42. The Labute approximate surface area is 123 Å². The molecule has 6 heteroatoms. The third kappa shape index (κ3) is 3.71. The molecule has 0 spiro atoms. The number of pyridine rings is 1. The summed E-state index contributed by atoms with van der Waals surface area (Å²) in [5.41, 5.74) is -0.641. The van der Waals surface area contributed by atoms with Gasteiger partial charge in [0.25, 0.3) is 5.56 Å². The second kappa shape index (κ2) is 6.11. The second-order valence-corrected chi connectivity index (χ2v) is 6.01.